The fraction of sp³-hybridized carbons (Fsp3) is 0.114. The zero-order valence-corrected chi connectivity index (χ0v) is 25.7. The number of ether oxygens (including phenoxy) is 1. The fourth-order valence-corrected chi connectivity index (χ4v) is 6.71. The van der Waals surface area contributed by atoms with Gasteiger partial charge in [0.15, 0.2) is 0 Å². The molecule has 1 aliphatic heterocycles. The summed E-state index contributed by atoms with van der Waals surface area (Å²) in [5.74, 6) is 0.273. The van der Waals surface area contributed by atoms with Crippen LogP contribution in [0.25, 0.3) is 0 Å². The Balaban J connectivity index is 1.51. The van der Waals surface area contributed by atoms with Crippen LogP contribution in [-0.4, -0.2) is 21.4 Å². The first-order valence-corrected chi connectivity index (χ1v) is 15.9. The van der Waals surface area contributed by atoms with Crippen molar-refractivity contribution in [1.82, 2.24) is 0 Å². The van der Waals surface area contributed by atoms with Crippen molar-refractivity contribution >= 4 is 44.6 Å². The number of sulfonamides is 1. The second-order valence-corrected chi connectivity index (χ2v) is 12.6. The maximum Gasteiger partial charge on any atom is 0.262 e. The highest BCUT2D eigenvalue weighted by Gasteiger charge is 2.41. The molecule has 5 aromatic rings. The largest absolute Gasteiger partial charge is 0.497 e. The molecular weight excluding hydrogens is 594 g/mol. The van der Waals surface area contributed by atoms with Gasteiger partial charge in [0.1, 0.15) is 11.9 Å². The number of methoxy groups -OCH3 is 1. The maximum absolute atomic E-state index is 14.5. The monoisotopic (exact) mass is 623 g/mol. The molecule has 6 rings (SSSR count). The van der Waals surface area contributed by atoms with Crippen LogP contribution in [0.15, 0.2) is 126 Å². The van der Waals surface area contributed by atoms with Crippen molar-refractivity contribution in [2.24, 2.45) is 0 Å². The quantitative estimate of drug-likeness (QED) is 0.191. The molecule has 5 aromatic carbocycles. The van der Waals surface area contributed by atoms with Crippen molar-refractivity contribution in [3.8, 4) is 5.75 Å². The molecule has 1 atom stereocenters. The van der Waals surface area contributed by atoms with E-state index in [0.29, 0.717) is 34.4 Å². The second kappa shape index (κ2) is 12.1. The number of halogens is 1. The van der Waals surface area contributed by atoms with E-state index < -0.39 is 16.2 Å². The number of nitrogens with zero attached hydrogens (tertiary/aromatic N) is 2. The van der Waals surface area contributed by atoms with E-state index in [1.165, 1.54) is 12.1 Å². The van der Waals surface area contributed by atoms with Crippen LogP contribution >= 0.6 is 11.6 Å². The van der Waals surface area contributed by atoms with Gasteiger partial charge in [0.25, 0.3) is 15.9 Å². The summed E-state index contributed by atoms with van der Waals surface area (Å²) < 4.78 is 34.9. The highest BCUT2D eigenvalue weighted by Crippen LogP contribution is 2.44. The van der Waals surface area contributed by atoms with E-state index in [-0.39, 0.29) is 16.4 Å². The molecule has 0 unspecified atom stereocenters. The molecule has 222 valence electrons. The fourth-order valence-electron chi connectivity index (χ4n) is 5.40. The Hall–Kier alpha value is -4.79. The van der Waals surface area contributed by atoms with Gasteiger partial charge in [-0.25, -0.2) is 8.42 Å². The molecule has 0 spiro atoms. The lowest BCUT2D eigenvalue weighted by molar-refractivity contribution is 0.0968. The lowest BCUT2D eigenvalue weighted by atomic mass is 9.99. The molecule has 0 aliphatic carbocycles. The lowest BCUT2D eigenvalue weighted by Crippen LogP contribution is -2.49. The number of amides is 1. The number of anilines is 3. The third kappa shape index (κ3) is 5.74. The van der Waals surface area contributed by atoms with E-state index in [1.54, 1.807) is 42.3 Å². The number of fused-ring (bicyclic) bond motifs is 1. The second-order valence-electron chi connectivity index (χ2n) is 10.5. The van der Waals surface area contributed by atoms with Gasteiger partial charge in [0, 0.05) is 28.5 Å². The Labute approximate surface area is 262 Å². The number of benzene rings is 5. The summed E-state index contributed by atoms with van der Waals surface area (Å²) in [4.78, 5) is 18.3. The Bertz CT molecular complexity index is 1910. The van der Waals surface area contributed by atoms with Crippen LogP contribution in [0.3, 0.4) is 0 Å². The van der Waals surface area contributed by atoms with Crippen LogP contribution in [0.5, 0.6) is 5.75 Å². The summed E-state index contributed by atoms with van der Waals surface area (Å²) in [6.45, 7) is 2.42. The summed E-state index contributed by atoms with van der Waals surface area (Å²) in [7, 11) is -2.49. The number of nitrogens with one attached hydrogen (secondary N) is 1. The number of hydrogen-bond donors (Lipinski definition) is 1. The van der Waals surface area contributed by atoms with Crippen molar-refractivity contribution in [3.63, 3.8) is 0 Å². The predicted molar refractivity (Wildman–Crippen MR) is 175 cm³/mol. The number of carbonyl (C=O) groups is 1. The molecule has 1 amide bonds. The summed E-state index contributed by atoms with van der Waals surface area (Å²) in [5, 5.41) is 0.520. The lowest BCUT2D eigenvalue weighted by Gasteiger charge is -2.46. The Morgan fingerprint density at radius 3 is 2.20 bits per heavy atom. The standard InChI is InChI=1S/C35H30ClN3O4S/c1-24-12-16-27(17-13-24)39-34(30-10-6-7-11-32(30)36)38(23-25-8-4-3-5-9-25)33-21-20-29(22-31(33)35(39)40)44(41,42)37-26-14-18-28(43-2)19-15-26/h3-22,34,37H,23H2,1-2H3/t34-/m1/s1. The van der Waals surface area contributed by atoms with Crippen molar-refractivity contribution in [3.05, 3.63) is 149 Å². The number of rotatable bonds is 8. The molecule has 0 saturated carbocycles. The Morgan fingerprint density at radius 1 is 0.841 bits per heavy atom. The maximum atomic E-state index is 14.5. The molecule has 0 radical (unpaired) electrons. The van der Waals surface area contributed by atoms with E-state index in [4.69, 9.17) is 16.3 Å². The topological polar surface area (TPSA) is 78.9 Å². The molecule has 1 aliphatic rings. The minimum absolute atomic E-state index is 0.0277. The van der Waals surface area contributed by atoms with Crippen LogP contribution in [0.2, 0.25) is 5.02 Å². The van der Waals surface area contributed by atoms with Crippen molar-refractivity contribution < 1.29 is 17.9 Å². The Kier molecular flexibility index (Phi) is 8.03. The molecular formula is C35H30ClN3O4S. The molecule has 0 fully saturated rings. The molecule has 1 heterocycles. The van der Waals surface area contributed by atoms with Crippen LogP contribution in [0.4, 0.5) is 17.1 Å². The average molecular weight is 624 g/mol. The summed E-state index contributed by atoms with van der Waals surface area (Å²) in [6.07, 6.45) is -0.605. The number of hydrogen-bond acceptors (Lipinski definition) is 5. The van der Waals surface area contributed by atoms with Gasteiger partial charge in [-0.1, -0.05) is 77.8 Å². The van der Waals surface area contributed by atoms with E-state index in [9.17, 15) is 13.2 Å². The van der Waals surface area contributed by atoms with Gasteiger partial charge in [-0.05, 0) is 73.2 Å². The minimum atomic E-state index is -4.03. The highest BCUT2D eigenvalue weighted by atomic mass is 35.5. The minimum Gasteiger partial charge on any atom is -0.497 e. The molecule has 44 heavy (non-hydrogen) atoms. The first kappa shape index (κ1) is 29.3. The third-order valence-corrected chi connectivity index (χ3v) is 9.33. The smallest absolute Gasteiger partial charge is 0.262 e. The SMILES string of the molecule is COc1ccc(NS(=O)(=O)c2ccc3c(c2)C(=O)N(c2ccc(C)cc2)[C@H](c2ccccc2Cl)N3Cc2ccccc2)cc1. The summed E-state index contributed by atoms with van der Waals surface area (Å²) >= 11 is 6.80. The van der Waals surface area contributed by atoms with Gasteiger partial charge < -0.3 is 9.64 Å². The van der Waals surface area contributed by atoms with Crippen LogP contribution < -0.4 is 19.3 Å². The number of aryl methyl sites for hydroxylation is 1. The first-order valence-electron chi connectivity index (χ1n) is 14.0. The zero-order chi connectivity index (χ0) is 30.8. The van der Waals surface area contributed by atoms with E-state index in [2.05, 4.69) is 9.62 Å². The zero-order valence-electron chi connectivity index (χ0n) is 24.1. The first-order chi connectivity index (χ1) is 21.2. The third-order valence-electron chi connectivity index (χ3n) is 7.61. The molecule has 7 nitrogen and oxygen atoms in total. The average Bonchev–Trinajstić information content (AvgIpc) is 3.04. The van der Waals surface area contributed by atoms with Gasteiger partial charge in [-0.15, -0.1) is 0 Å². The van der Waals surface area contributed by atoms with E-state index in [1.807, 2.05) is 85.8 Å². The van der Waals surface area contributed by atoms with Gasteiger partial charge >= 0.3 is 0 Å². The van der Waals surface area contributed by atoms with Crippen molar-refractivity contribution in [2.75, 3.05) is 21.6 Å². The van der Waals surface area contributed by atoms with Gasteiger partial charge in [0.2, 0.25) is 0 Å². The number of carbonyl (C=O) groups excluding carboxylic acids is 1. The van der Waals surface area contributed by atoms with Gasteiger partial charge in [-0.3, -0.25) is 14.4 Å². The molecule has 9 heteroatoms. The molecule has 0 saturated heterocycles. The molecule has 0 bridgehead atoms. The van der Waals surface area contributed by atoms with Crippen molar-refractivity contribution in [2.45, 2.75) is 24.5 Å². The normalized spacial score (nSPS) is 14.7. The van der Waals surface area contributed by atoms with Gasteiger partial charge in [0.05, 0.1) is 23.3 Å². The van der Waals surface area contributed by atoms with Crippen LogP contribution in [-0.2, 0) is 16.6 Å². The molecule has 0 aromatic heterocycles. The van der Waals surface area contributed by atoms with E-state index in [0.717, 1.165) is 16.7 Å². The Morgan fingerprint density at radius 2 is 1.52 bits per heavy atom. The van der Waals surface area contributed by atoms with Gasteiger partial charge in [-0.2, -0.15) is 0 Å². The van der Waals surface area contributed by atoms with Crippen LogP contribution in [0, 0.1) is 6.92 Å². The van der Waals surface area contributed by atoms with Crippen molar-refractivity contribution in [1.29, 1.82) is 0 Å². The predicted octanol–water partition coefficient (Wildman–Crippen LogP) is 7.82. The molecule has 1 N–H and O–H groups in total. The van der Waals surface area contributed by atoms with E-state index >= 15 is 0 Å². The summed E-state index contributed by atoms with van der Waals surface area (Å²) in [6, 6.07) is 36.4. The van der Waals surface area contributed by atoms with Crippen LogP contribution in [0.1, 0.15) is 33.2 Å². The highest BCUT2D eigenvalue weighted by molar-refractivity contribution is 7.92. The summed E-state index contributed by atoms with van der Waals surface area (Å²) in [5.41, 5.74) is 4.73.